The Labute approximate surface area is 158 Å². The predicted octanol–water partition coefficient (Wildman–Crippen LogP) is 3.41. The molecule has 2 N–H and O–H groups in total. The van der Waals surface area contributed by atoms with Crippen molar-refractivity contribution in [3.63, 3.8) is 0 Å². The summed E-state index contributed by atoms with van der Waals surface area (Å²) in [5, 5.41) is 16.4. The summed E-state index contributed by atoms with van der Waals surface area (Å²) in [5.41, 5.74) is 0.937. The van der Waals surface area contributed by atoms with E-state index in [9.17, 15) is 9.59 Å². The fourth-order valence-electron chi connectivity index (χ4n) is 3.20. The number of imide groups is 1. The molecule has 0 spiro atoms. The zero-order valence-corrected chi connectivity index (χ0v) is 15.3. The minimum atomic E-state index is -0.426. The Morgan fingerprint density at radius 1 is 1.00 bits per heavy atom. The maximum absolute atomic E-state index is 12.3. The molecule has 3 aromatic carbocycles. The van der Waals surface area contributed by atoms with E-state index in [0.717, 1.165) is 36.6 Å². The summed E-state index contributed by atoms with van der Waals surface area (Å²) < 4.78 is 1.03. The fourth-order valence-corrected chi connectivity index (χ4v) is 3.79. The number of benzene rings is 3. The zero-order chi connectivity index (χ0) is 18.3. The van der Waals surface area contributed by atoms with Crippen LogP contribution in [0, 0.1) is 0 Å². The van der Waals surface area contributed by atoms with Gasteiger partial charge in [0, 0.05) is 16.2 Å². The van der Waals surface area contributed by atoms with Crippen molar-refractivity contribution in [2.45, 2.75) is 0 Å². The van der Waals surface area contributed by atoms with Crippen molar-refractivity contribution < 1.29 is 14.7 Å². The summed E-state index contributed by atoms with van der Waals surface area (Å²) in [4.78, 5) is 25.2. The molecule has 26 heavy (non-hydrogen) atoms. The highest BCUT2D eigenvalue weighted by Gasteiger charge is 2.30. The molecule has 130 valence electrons. The van der Waals surface area contributed by atoms with E-state index in [4.69, 9.17) is 5.11 Å². The Balaban J connectivity index is 1.74. The van der Waals surface area contributed by atoms with Crippen LogP contribution in [0.2, 0.25) is 0 Å². The van der Waals surface area contributed by atoms with Gasteiger partial charge in [-0.15, -0.1) is 0 Å². The fraction of sp³-hybridized carbons (Fsp3) is 0.100. The van der Waals surface area contributed by atoms with Crippen LogP contribution in [0.3, 0.4) is 0 Å². The van der Waals surface area contributed by atoms with Crippen LogP contribution >= 0.6 is 15.9 Å². The molecule has 0 atom stereocenters. The van der Waals surface area contributed by atoms with Crippen LogP contribution in [-0.2, 0) is 9.59 Å². The van der Waals surface area contributed by atoms with E-state index in [1.807, 2.05) is 36.4 Å². The molecule has 0 aliphatic carbocycles. The van der Waals surface area contributed by atoms with Gasteiger partial charge in [0.05, 0.1) is 13.2 Å². The molecular formula is C20H15BrN2O3. The van der Waals surface area contributed by atoms with Crippen LogP contribution in [-0.4, -0.2) is 35.0 Å². The van der Waals surface area contributed by atoms with Gasteiger partial charge in [0.15, 0.2) is 0 Å². The van der Waals surface area contributed by atoms with E-state index in [2.05, 4.69) is 33.4 Å². The Morgan fingerprint density at radius 2 is 1.77 bits per heavy atom. The van der Waals surface area contributed by atoms with Gasteiger partial charge in [-0.3, -0.25) is 14.5 Å². The molecule has 2 amide bonds. The van der Waals surface area contributed by atoms with Crippen LogP contribution in [0.5, 0.6) is 0 Å². The van der Waals surface area contributed by atoms with Gasteiger partial charge >= 0.3 is 0 Å². The number of carbonyl (C=O) groups is 2. The standard InChI is InChI=1S/C20H15BrN2O3/c21-17-9-12-5-6-13(10-16(12)14-3-1-2-4-15(14)17)22-18-11-19(25)23(7-8-24)20(18)26/h1-6,9-11,22,24H,7-8H2. The Kier molecular flexibility index (Phi) is 4.22. The number of carbonyl (C=O) groups excluding carboxylic acids is 2. The molecule has 1 aliphatic heterocycles. The van der Waals surface area contributed by atoms with Gasteiger partial charge < -0.3 is 10.4 Å². The molecule has 0 saturated carbocycles. The molecule has 5 nitrogen and oxygen atoms in total. The lowest BCUT2D eigenvalue weighted by Gasteiger charge is -2.14. The smallest absolute Gasteiger partial charge is 0.277 e. The Morgan fingerprint density at radius 3 is 2.54 bits per heavy atom. The molecule has 0 fully saturated rings. The largest absolute Gasteiger partial charge is 0.395 e. The van der Waals surface area contributed by atoms with Crippen LogP contribution in [0.25, 0.3) is 21.5 Å². The third kappa shape index (κ3) is 2.77. The normalized spacial score (nSPS) is 14.4. The minimum absolute atomic E-state index is 0.00423. The molecule has 0 aromatic heterocycles. The van der Waals surface area contributed by atoms with E-state index in [0.29, 0.717) is 0 Å². The minimum Gasteiger partial charge on any atom is -0.395 e. The molecule has 4 rings (SSSR count). The number of hydrogen-bond donors (Lipinski definition) is 2. The van der Waals surface area contributed by atoms with E-state index >= 15 is 0 Å². The average molecular weight is 411 g/mol. The second kappa shape index (κ2) is 6.55. The van der Waals surface area contributed by atoms with E-state index in [-0.39, 0.29) is 18.8 Å². The van der Waals surface area contributed by atoms with E-state index in [1.165, 1.54) is 6.08 Å². The second-order valence-electron chi connectivity index (χ2n) is 6.04. The van der Waals surface area contributed by atoms with Gasteiger partial charge in [-0.2, -0.15) is 0 Å². The predicted molar refractivity (Wildman–Crippen MR) is 105 cm³/mol. The van der Waals surface area contributed by atoms with Crippen LogP contribution in [0.4, 0.5) is 5.69 Å². The van der Waals surface area contributed by atoms with Crippen molar-refractivity contribution in [1.82, 2.24) is 4.90 Å². The van der Waals surface area contributed by atoms with Crippen molar-refractivity contribution in [1.29, 1.82) is 0 Å². The third-order valence-corrected chi connectivity index (χ3v) is 5.08. The monoisotopic (exact) mass is 410 g/mol. The number of β-amino-alcohol motifs (C(OH)–C–C–N with tert-alkyl or cyclic N) is 1. The van der Waals surface area contributed by atoms with Crippen molar-refractivity contribution in [3.05, 3.63) is 64.8 Å². The van der Waals surface area contributed by atoms with Crippen molar-refractivity contribution in [2.75, 3.05) is 18.5 Å². The Bertz CT molecular complexity index is 1090. The summed E-state index contributed by atoms with van der Waals surface area (Å²) in [7, 11) is 0. The summed E-state index contributed by atoms with van der Waals surface area (Å²) in [6.45, 7) is -0.259. The second-order valence-corrected chi connectivity index (χ2v) is 6.90. The molecule has 0 bridgehead atoms. The number of amides is 2. The number of nitrogens with one attached hydrogen (secondary N) is 1. The summed E-state index contributed by atoms with van der Waals surface area (Å²) in [5.74, 6) is -0.841. The lowest BCUT2D eigenvalue weighted by Crippen LogP contribution is -2.34. The van der Waals surface area contributed by atoms with Gasteiger partial charge in [0.1, 0.15) is 5.70 Å². The van der Waals surface area contributed by atoms with Crippen molar-refractivity contribution >= 4 is 55.0 Å². The number of rotatable bonds is 4. The molecule has 3 aromatic rings. The number of anilines is 1. The number of aliphatic hydroxyl groups excluding tert-OH is 1. The topological polar surface area (TPSA) is 69.6 Å². The molecule has 6 heteroatoms. The zero-order valence-electron chi connectivity index (χ0n) is 13.7. The Hall–Kier alpha value is -2.70. The van der Waals surface area contributed by atoms with Gasteiger partial charge in [0.25, 0.3) is 11.8 Å². The first-order chi connectivity index (χ1) is 12.6. The van der Waals surface area contributed by atoms with Gasteiger partial charge in [-0.1, -0.05) is 46.3 Å². The summed E-state index contributed by atoms with van der Waals surface area (Å²) >= 11 is 3.61. The van der Waals surface area contributed by atoms with E-state index in [1.54, 1.807) is 0 Å². The van der Waals surface area contributed by atoms with Gasteiger partial charge in [-0.25, -0.2) is 0 Å². The van der Waals surface area contributed by atoms with E-state index < -0.39 is 11.8 Å². The SMILES string of the molecule is O=C1C=C(Nc2ccc3cc(Br)c4ccccc4c3c2)C(=O)N1CCO. The average Bonchev–Trinajstić information content (AvgIpc) is 2.90. The lowest BCUT2D eigenvalue weighted by atomic mass is 10.0. The number of aliphatic hydroxyl groups is 1. The first-order valence-corrected chi connectivity index (χ1v) is 8.94. The van der Waals surface area contributed by atoms with Crippen LogP contribution in [0.1, 0.15) is 0 Å². The van der Waals surface area contributed by atoms with Crippen molar-refractivity contribution in [3.8, 4) is 0 Å². The maximum Gasteiger partial charge on any atom is 0.277 e. The molecule has 0 radical (unpaired) electrons. The molecule has 1 aliphatic rings. The molecule has 0 saturated heterocycles. The number of hydrogen-bond acceptors (Lipinski definition) is 4. The number of nitrogens with zero attached hydrogens (tertiary/aromatic N) is 1. The third-order valence-electron chi connectivity index (χ3n) is 4.42. The lowest BCUT2D eigenvalue weighted by molar-refractivity contribution is -0.137. The summed E-state index contributed by atoms with van der Waals surface area (Å²) in [6.07, 6.45) is 1.27. The quantitative estimate of drug-likeness (QED) is 0.510. The maximum atomic E-state index is 12.3. The number of fused-ring (bicyclic) bond motifs is 3. The molecule has 0 unspecified atom stereocenters. The highest BCUT2D eigenvalue weighted by atomic mass is 79.9. The highest BCUT2D eigenvalue weighted by Crippen LogP contribution is 2.33. The molecular weight excluding hydrogens is 396 g/mol. The first kappa shape index (κ1) is 16.8. The first-order valence-electron chi connectivity index (χ1n) is 8.15. The number of halogens is 1. The van der Waals surface area contributed by atoms with Gasteiger partial charge in [-0.05, 0) is 39.7 Å². The van der Waals surface area contributed by atoms with Crippen LogP contribution in [0.15, 0.2) is 64.8 Å². The molecule has 1 heterocycles. The summed E-state index contributed by atoms with van der Waals surface area (Å²) in [6, 6.07) is 16.0. The van der Waals surface area contributed by atoms with Crippen molar-refractivity contribution in [2.24, 2.45) is 0 Å². The van der Waals surface area contributed by atoms with Crippen LogP contribution < -0.4 is 5.32 Å². The van der Waals surface area contributed by atoms with Gasteiger partial charge in [0.2, 0.25) is 0 Å². The highest BCUT2D eigenvalue weighted by molar-refractivity contribution is 9.10.